The van der Waals surface area contributed by atoms with Crippen molar-refractivity contribution in [1.82, 2.24) is 0 Å². The van der Waals surface area contributed by atoms with Gasteiger partial charge >= 0.3 is 5.97 Å². The molecule has 0 saturated heterocycles. The predicted molar refractivity (Wildman–Crippen MR) is 79.1 cm³/mol. The number of esters is 1. The Balaban J connectivity index is 3.99. The first-order valence-electron chi connectivity index (χ1n) is 5.61. The molecule has 0 atom stereocenters. The molecule has 6 heteroatoms. The number of halogens is 3. The molecule has 0 spiro atoms. The van der Waals surface area contributed by atoms with Gasteiger partial charge in [0.2, 0.25) is 3.23 Å². The molecule has 0 aromatic rings. The van der Waals surface area contributed by atoms with Gasteiger partial charge in [-0.2, -0.15) is 0 Å². The van der Waals surface area contributed by atoms with E-state index in [2.05, 4.69) is 47.8 Å². The van der Waals surface area contributed by atoms with Crippen LogP contribution in [-0.2, 0) is 14.3 Å². The standard InChI is InChI=1S/C11H17Br3O3/c1-2-17-10(16)11(13,14)9(15)7-5-3-4-6-8-12/h2-8H2,1H3. The zero-order valence-electron chi connectivity index (χ0n) is 9.81. The van der Waals surface area contributed by atoms with Gasteiger partial charge in [0.05, 0.1) is 6.61 Å². The number of unbranched alkanes of at least 4 members (excludes halogenated alkanes) is 3. The number of Topliss-reactive ketones (excluding diaryl/α,β-unsaturated/α-hetero) is 1. The molecule has 0 unspecified atom stereocenters. The lowest BCUT2D eigenvalue weighted by Gasteiger charge is -2.16. The predicted octanol–water partition coefficient (Wildman–Crippen LogP) is 3.95. The summed E-state index contributed by atoms with van der Waals surface area (Å²) in [5, 5.41) is 0.991. The summed E-state index contributed by atoms with van der Waals surface area (Å²) in [6.07, 6.45) is 4.37. The van der Waals surface area contributed by atoms with Crippen LogP contribution >= 0.6 is 47.8 Å². The van der Waals surface area contributed by atoms with Crippen LogP contribution in [0.2, 0.25) is 0 Å². The molecule has 0 N–H and O–H groups in total. The van der Waals surface area contributed by atoms with Crippen LogP contribution in [-0.4, -0.2) is 26.9 Å². The zero-order valence-corrected chi connectivity index (χ0v) is 14.6. The molecular weight excluding hydrogens is 420 g/mol. The number of rotatable bonds is 9. The fourth-order valence-electron chi connectivity index (χ4n) is 1.23. The zero-order chi connectivity index (χ0) is 13.3. The van der Waals surface area contributed by atoms with Crippen LogP contribution < -0.4 is 0 Å². The van der Waals surface area contributed by atoms with Crippen LogP contribution in [0.1, 0.15) is 39.0 Å². The molecule has 0 aliphatic rings. The molecule has 0 saturated carbocycles. The topological polar surface area (TPSA) is 43.4 Å². The summed E-state index contributed by atoms with van der Waals surface area (Å²) in [7, 11) is 0. The maximum atomic E-state index is 11.8. The maximum absolute atomic E-state index is 11.8. The minimum Gasteiger partial charge on any atom is -0.464 e. The van der Waals surface area contributed by atoms with Crippen LogP contribution in [0, 0.1) is 0 Å². The van der Waals surface area contributed by atoms with Gasteiger partial charge in [0.1, 0.15) is 0 Å². The minimum absolute atomic E-state index is 0.185. The lowest BCUT2D eigenvalue weighted by Crippen LogP contribution is -2.36. The van der Waals surface area contributed by atoms with Gasteiger partial charge in [-0.3, -0.25) is 4.79 Å². The van der Waals surface area contributed by atoms with E-state index < -0.39 is 9.20 Å². The van der Waals surface area contributed by atoms with Crippen LogP contribution in [0.4, 0.5) is 0 Å². The Morgan fingerprint density at radius 3 is 2.24 bits per heavy atom. The number of hydrogen-bond acceptors (Lipinski definition) is 3. The first kappa shape index (κ1) is 17.6. The lowest BCUT2D eigenvalue weighted by atomic mass is 10.1. The van der Waals surface area contributed by atoms with Gasteiger partial charge in [0.25, 0.3) is 0 Å². The molecule has 0 amide bonds. The van der Waals surface area contributed by atoms with Gasteiger partial charge in [0, 0.05) is 11.8 Å². The van der Waals surface area contributed by atoms with Gasteiger partial charge in [0.15, 0.2) is 5.78 Å². The maximum Gasteiger partial charge on any atom is 0.341 e. The average Bonchev–Trinajstić information content (AvgIpc) is 2.28. The fourth-order valence-corrected chi connectivity index (χ4v) is 2.25. The van der Waals surface area contributed by atoms with Gasteiger partial charge in [-0.05, 0) is 19.8 Å². The molecule has 0 fully saturated rings. The summed E-state index contributed by atoms with van der Waals surface area (Å²) >= 11 is 9.52. The quantitative estimate of drug-likeness (QED) is 0.238. The Labute approximate surface area is 127 Å². The third-order valence-electron chi connectivity index (χ3n) is 2.17. The highest BCUT2D eigenvalue weighted by atomic mass is 79.9. The van der Waals surface area contributed by atoms with Crippen molar-refractivity contribution < 1.29 is 14.3 Å². The molecule has 0 heterocycles. The van der Waals surface area contributed by atoms with Crippen molar-refractivity contribution in [2.24, 2.45) is 0 Å². The van der Waals surface area contributed by atoms with Crippen molar-refractivity contribution >= 4 is 59.5 Å². The number of hydrogen-bond donors (Lipinski definition) is 0. The van der Waals surface area contributed by atoms with Crippen molar-refractivity contribution in [3.63, 3.8) is 0 Å². The first-order chi connectivity index (χ1) is 7.96. The van der Waals surface area contributed by atoms with Gasteiger partial charge < -0.3 is 4.74 Å². The van der Waals surface area contributed by atoms with E-state index in [-0.39, 0.29) is 12.4 Å². The highest BCUT2D eigenvalue weighted by molar-refractivity contribution is 9.26. The van der Waals surface area contributed by atoms with Crippen molar-refractivity contribution in [2.45, 2.75) is 42.3 Å². The van der Waals surface area contributed by atoms with Crippen LogP contribution in [0.3, 0.4) is 0 Å². The van der Waals surface area contributed by atoms with Crippen molar-refractivity contribution in [2.75, 3.05) is 11.9 Å². The molecule has 3 nitrogen and oxygen atoms in total. The van der Waals surface area contributed by atoms with Crippen molar-refractivity contribution in [3.05, 3.63) is 0 Å². The SMILES string of the molecule is CCOC(=O)C(Br)(Br)C(=O)CCCCCCBr. The van der Waals surface area contributed by atoms with Crippen LogP contribution in [0.15, 0.2) is 0 Å². The van der Waals surface area contributed by atoms with Gasteiger partial charge in [-0.15, -0.1) is 0 Å². The van der Waals surface area contributed by atoms with E-state index in [0.717, 1.165) is 31.0 Å². The summed E-state index contributed by atoms with van der Waals surface area (Å²) in [6, 6.07) is 0. The number of ketones is 1. The Hall–Kier alpha value is 0.580. The van der Waals surface area contributed by atoms with Crippen LogP contribution in [0.25, 0.3) is 0 Å². The highest BCUT2D eigenvalue weighted by Crippen LogP contribution is 2.31. The largest absolute Gasteiger partial charge is 0.464 e. The van der Waals surface area contributed by atoms with E-state index in [1.54, 1.807) is 6.92 Å². The van der Waals surface area contributed by atoms with E-state index in [4.69, 9.17) is 4.74 Å². The average molecular weight is 437 g/mol. The Morgan fingerprint density at radius 1 is 1.12 bits per heavy atom. The second-order valence-corrected chi connectivity index (χ2v) is 7.81. The molecule has 0 bridgehead atoms. The molecule has 0 aliphatic heterocycles. The fraction of sp³-hybridized carbons (Fsp3) is 0.818. The molecule has 17 heavy (non-hydrogen) atoms. The Morgan fingerprint density at radius 2 is 1.71 bits per heavy atom. The van der Waals surface area contributed by atoms with E-state index in [1.165, 1.54) is 0 Å². The molecule has 0 aromatic heterocycles. The summed E-state index contributed by atoms with van der Waals surface area (Å²) < 4.78 is 3.44. The Bertz CT molecular complexity index is 254. The second-order valence-electron chi connectivity index (χ2n) is 3.57. The molecule has 0 radical (unpaired) electrons. The summed E-state index contributed by atoms with van der Waals surface area (Å²) in [5.74, 6) is -0.764. The van der Waals surface area contributed by atoms with Gasteiger partial charge in [-0.1, -0.05) is 60.6 Å². The van der Waals surface area contributed by atoms with E-state index >= 15 is 0 Å². The third kappa shape index (κ3) is 6.91. The lowest BCUT2D eigenvalue weighted by molar-refractivity contribution is -0.145. The number of carbonyl (C=O) groups is 2. The minimum atomic E-state index is -1.37. The molecule has 0 aliphatic carbocycles. The normalized spacial score (nSPS) is 11.3. The number of alkyl halides is 3. The van der Waals surface area contributed by atoms with Crippen molar-refractivity contribution in [1.29, 1.82) is 0 Å². The van der Waals surface area contributed by atoms with E-state index in [1.807, 2.05) is 0 Å². The summed E-state index contributed by atoms with van der Waals surface area (Å²) in [6.45, 7) is 1.97. The van der Waals surface area contributed by atoms with E-state index in [9.17, 15) is 9.59 Å². The molecule has 0 aromatic carbocycles. The third-order valence-corrected chi connectivity index (χ3v) is 4.26. The number of ether oxygens (including phenoxy) is 1. The van der Waals surface area contributed by atoms with Crippen LogP contribution in [0.5, 0.6) is 0 Å². The molecule has 0 rings (SSSR count). The Kier molecular flexibility index (Phi) is 9.83. The molecule has 100 valence electrons. The second kappa shape index (κ2) is 9.50. The van der Waals surface area contributed by atoms with Crippen molar-refractivity contribution in [3.8, 4) is 0 Å². The summed E-state index contributed by atoms with van der Waals surface area (Å²) in [5.41, 5.74) is 0. The highest BCUT2D eigenvalue weighted by Gasteiger charge is 2.41. The smallest absolute Gasteiger partial charge is 0.341 e. The summed E-state index contributed by atoms with van der Waals surface area (Å²) in [4.78, 5) is 23.3. The van der Waals surface area contributed by atoms with Gasteiger partial charge in [-0.25, -0.2) is 4.79 Å². The number of carbonyl (C=O) groups excluding carboxylic acids is 2. The first-order valence-corrected chi connectivity index (χ1v) is 8.31. The monoisotopic (exact) mass is 434 g/mol. The molecular formula is C11H17Br3O3. The van der Waals surface area contributed by atoms with E-state index in [0.29, 0.717) is 6.42 Å².